The van der Waals surface area contributed by atoms with Gasteiger partial charge < -0.3 is 4.42 Å². The van der Waals surface area contributed by atoms with Crippen molar-refractivity contribution in [2.24, 2.45) is 10.2 Å². The average molecular weight is 331 g/mol. The van der Waals surface area contributed by atoms with E-state index < -0.39 is 10.0 Å². The molecule has 2 N–H and O–H groups in total. The minimum atomic E-state index is -3.78. The van der Waals surface area contributed by atoms with Gasteiger partial charge in [0.1, 0.15) is 5.76 Å². The standard InChI is InChI=1S/C15H13N3O4S/c1-10-14(9-12-3-2-8-22-12)15(19)18(17-10)11-4-6-13(7-5-11)23(16,20)21/h2-9H,1H3,(H2,16,20,21). The second kappa shape index (κ2) is 5.49. The lowest BCUT2D eigenvalue weighted by atomic mass is 10.1. The molecule has 1 amide bonds. The average Bonchev–Trinajstić information content (AvgIpc) is 3.10. The fourth-order valence-corrected chi connectivity index (χ4v) is 2.67. The Hall–Kier alpha value is -2.71. The van der Waals surface area contributed by atoms with E-state index in [1.165, 1.54) is 35.5 Å². The molecule has 3 rings (SSSR count). The van der Waals surface area contributed by atoms with Crippen molar-refractivity contribution >= 4 is 33.4 Å². The van der Waals surface area contributed by atoms with Gasteiger partial charge in [0, 0.05) is 0 Å². The van der Waals surface area contributed by atoms with Gasteiger partial charge in [0.25, 0.3) is 5.91 Å². The number of primary sulfonamides is 1. The smallest absolute Gasteiger partial charge is 0.280 e. The predicted octanol–water partition coefficient (Wildman–Crippen LogP) is 1.73. The van der Waals surface area contributed by atoms with Crippen LogP contribution in [0.3, 0.4) is 0 Å². The van der Waals surface area contributed by atoms with Gasteiger partial charge in [-0.3, -0.25) is 4.79 Å². The second-order valence-corrected chi connectivity index (χ2v) is 6.48. The molecular weight excluding hydrogens is 318 g/mol. The maximum Gasteiger partial charge on any atom is 0.280 e. The first-order valence-corrected chi connectivity index (χ1v) is 8.19. The summed E-state index contributed by atoms with van der Waals surface area (Å²) in [6, 6.07) is 9.07. The second-order valence-electron chi connectivity index (χ2n) is 4.91. The number of nitrogens with two attached hydrogens (primary N) is 1. The van der Waals surface area contributed by atoms with Crippen molar-refractivity contribution in [2.75, 3.05) is 5.01 Å². The van der Waals surface area contributed by atoms with Gasteiger partial charge in [-0.2, -0.15) is 10.1 Å². The van der Waals surface area contributed by atoms with Crippen LogP contribution in [0.15, 0.2) is 62.6 Å². The van der Waals surface area contributed by atoms with Crippen LogP contribution in [0.5, 0.6) is 0 Å². The third-order valence-electron chi connectivity index (χ3n) is 3.30. The highest BCUT2D eigenvalue weighted by molar-refractivity contribution is 7.89. The monoisotopic (exact) mass is 331 g/mol. The predicted molar refractivity (Wildman–Crippen MR) is 85.1 cm³/mol. The summed E-state index contributed by atoms with van der Waals surface area (Å²) >= 11 is 0. The summed E-state index contributed by atoms with van der Waals surface area (Å²) in [6.07, 6.45) is 3.13. The molecule has 1 aliphatic heterocycles. The number of anilines is 1. The molecule has 0 atom stereocenters. The molecule has 0 saturated carbocycles. The molecule has 0 spiro atoms. The van der Waals surface area contributed by atoms with Crippen LogP contribution in [0.4, 0.5) is 5.69 Å². The fraction of sp³-hybridized carbons (Fsp3) is 0.0667. The largest absolute Gasteiger partial charge is 0.465 e. The molecule has 8 heteroatoms. The fourth-order valence-electron chi connectivity index (χ4n) is 2.15. The number of hydrazone groups is 1. The van der Waals surface area contributed by atoms with Crippen LogP contribution in [-0.2, 0) is 14.8 Å². The molecule has 0 unspecified atom stereocenters. The molecule has 0 saturated heterocycles. The van der Waals surface area contributed by atoms with Gasteiger partial charge >= 0.3 is 0 Å². The molecular formula is C15H13N3O4S. The first-order valence-electron chi connectivity index (χ1n) is 6.64. The molecule has 1 aromatic carbocycles. The Labute approximate surface area is 132 Å². The normalized spacial score (nSPS) is 17.0. The number of nitrogens with zero attached hydrogens (tertiary/aromatic N) is 2. The molecule has 1 aromatic heterocycles. The number of rotatable bonds is 3. The summed E-state index contributed by atoms with van der Waals surface area (Å²) in [5, 5.41) is 10.5. The van der Waals surface area contributed by atoms with E-state index in [4.69, 9.17) is 9.56 Å². The van der Waals surface area contributed by atoms with Gasteiger partial charge in [-0.05, 0) is 49.4 Å². The highest BCUT2D eigenvalue weighted by atomic mass is 32.2. The molecule has 0 aliphatic carbocycles. The summed E-state index contributed by atoms with van der Waals surface area (Å²) in [7, 11) is -3.78. The maximum atomic E-state index is 12.5. The van der Waals surface area contributed by atoms with Gasteiger partial charge in [0.05, 0.1) is 28.1 Å². The van der Waals surface area contributed by atoms with Gasteiger partial charge in [0.15, 0.2) is 0 Å². The molecule has 7 nitrogen and oxygen atoms in total. The number of sulfonamides is 1. The zero-order valence-corrected chi connectivity index (χ0v) is 12.9. The topological polar surface area (TPSA) is 106 Å². The van der Waals surface area contributed by atoms with E-state index in [1.54, 1.807) is 25.1 Å². The van der Waals surface area contributed by atoms with Gasteiger partial charge in [-0.1, -0.05) is 0 Å². The Balaban J connectivity index is 1.92. The van der Waals surface area contributed by atoms with Crippen LogP contribution in [0.2, 0.25) is 0 Å². The minimum absolute atomic E-state index is 0.0278. The Morgan fingerprint density at radius 3 is 2.48 bits per heavy atom. The number of carbonyl (C=O) groups is 1. The number of benzene rings is 1. The van der Waals surface area contributed by atoms with Crippen LogP contribution in [-0.4, -0.2) is 20.0 Å². The van der Waals surface area contributed by atoms with E-state index in [2.05, 4.69) is 5.10 Å². The van der Waals surface area contributed by atoms with Crippen LogP contribution in [0.25, 0.3) is 6.08 Å². The minimum Gasteiger partial charge on any atom is -0.465 e. The van der Waals surface area contributed by atoms with E-state index in [9.17, 15) is 13.2 Å². The zero-order chi connectivity index (χ0) is 16.6. The quantitative estimate of drug-likeness (QED) is 0.864. The summed E-state index contributed by atoms with van der Waals surface area (Å²) in [6.45, 7) is 1.71. The molecule has 118 valence electrons. The van der Waals surface area contributed by atoms with Crippen LogP contribution in [0.1, 0.15) is 12.7 Å². The zero-order valence-electron chi connectivity index (χ0n) is 12.1. The third-order valence-corrected chi connectivity index (χ3v) is 4.23. The molecule has 0 bridgehead atoms. The van der Waals surface area contributed by atoms with Crippen molar-refractivity contribution < 1.29 is 17.6 Å². The van der Waals surface area contributed by atoms with Crippen LogP contribution in [0, 0.1) is 0 Å². The molecule has 0 radical (unpaired) electrons. The van der Waals surface area contributed by atoms with Crippen molar-refractivity contribution in [1.82, 2.24) is 0 Å². The van der Waals surface area contributed by atoms with Crippen LogP contribution < -0.4 is 10.1 Å². The number of hydrogen-bond acceptors (Lipinski definition) is 5. The van der Waals surface area contributed by atoms with Gasteiger partial charge in [-0.25, -0.2) is 13.6 Å². The van der Waals surface area contributed by atoms with Crippen molar-refractivity contribution in [3.8, 4) is 0 Å². The van der Waals surface area contributed by atoms with Crippen molar-refractivity contribution in [2.45, 2.75) is 11.8 Å². The molecule has 1 aliphatic rings. The number of hydrogen-bond donors (Lipinski definition) is 1. The van der Waals surface area contributed by atoms with E-state index in [-0.39, 0.29) is 10.8 Å². The van der Waals surface area contributed by atoms with Crippen molar-refractivity contribution in [1.29, 1.82) is 0 Å². The number of amides is 1. The third kappa shape index (κ3) is 2.94. The lowest BCUT2D eigenvalue weighted by molar-refractivity contribution is -0.114. The maximum absolute atomic E-state index is 12.5. The first kappa shape index (κ1) is 15.2. The summed E-state index contributed by atoms with van der Waals surface area (Å²) < 4.78 is 27.7. The van der Waals surface area contributed by atoms with Crippen molar-refractivity contribution in [3.63, 3.8) is 0 Å². The van der Waals surface area contributed by atoms with E-state index in [0.717, 1.165) is 0 Å². The highest BCUT2D eigenvalue weighted by Crippen LogP contribution is 2.25. The highest BCUT2D eigenvalue weighted by Gasteiger charge is 2.29. The van der Waals surface area contributed by atoms with E-state index in [1.807, 2.05) is 0 Å². The SMILES string of the molecule is CC1=NN(c2ccc(S(N)(=O)=O)cc2)C(=O)C1=Cc1ccco1. The number of furan rings is 1. The molecule has 0 fully saturated rings. The Kier molecular flexibility index (Phi) is 3.63. The summed E-state index contributed by atoms with van der Waals surface area (Å²) in [4.78, 5) is 12.5. The molecule has 23 heavy (non-hydrogen) atoms. The van der Waals surface area contributed by atoms with E-state index in [0.29, 0.717) is 22.7 Å². The summed E-state index contributed by atoms with van der Waals surface area (Å²) in [5.74, 6) is 0.233. The Morgan fingerprint density at radius 1 is 1.22 bits per heavy atom. The lowest BCUT2D eigenvalue weighted by Gasteiger charge is -2.11. The molecule has 2 heterocycles. The van der Waals surface area contributed by atoms with Crippen molar-refractivity contribution in [3.05, 3.63) is 54.0 Å². The Morgan fingerprint density at radius 2 is 1.91 bits per heavy atom. The first-order chi connectivity index (χ1) is 10.9. The summed E-state index contributed by atoms with van der Waals surface area (Å²) in [5.41, 5.74) is 1.40. The number of carbonyl (C=O) groups excluding carboxylic acids is 1. The lowest BCUT2D eigenvalue weighted by Crippen LogP contribution is -2.21. The van der Waals surface area contributed by atoms with E-state index >= 15 is 0 Å². The van der Waals surface area contributed by atoms with Gasteiger partial charge in [0.2, 0.25) is 10.0 Å². The van der Waals surface area contributed by atoms with Crippen LogP contribution >= 0.6 is 0 Å². The van der Waals surface area contributed by atoms with Gasteiger partial charge in [-0.15, -0.1) is 0 Å². The molecule has 2 aromatic rings. The Bertz CT molecular complexity index is 910.